The average Bonchev–Trinajstić information content (AvgIpc) is 1.93. The molecule has 2 nitrogen and oxygen atoms in total. The third-order valence-electron chi connectivity index (χ3n) is 0.407. The van der Waals surface area contributed by atoms with Crippen LogP contribution in [0.3, 0.4) is 0 Å². The van der Waals surface area contributed by atoms with Crippen molar-refractivity contribution in [3.63, 3.8) is 0 Å². The van der Waals surface area contributed by atoms with Crippen molar-refractivity contribution in [2.75, 3.05) is 0 Å². The van der Waals surface area contributed by atoms with Crippen LogP contribution in [0.4, 0.5) is 0 Å². The standard InChI is InChI=1S/C5H8O2.2C2H2.Ir/c1-4(6)3-5(2)7;2*1-2;/h3,6H,1-2H3;2*1-2H;/p-1. The molecule has 0 aromatic rings. The molecule has 0 heterocycles. The molecule has 0 unspecified atom stereocenters. The molecule has 69 valence electrons. The van der Waals surface area contributed by atoms with Gasteiger partial charge in [-0.05, 0) is 13.0 Å². The van der Waals surface area contributed by atoms with Crippen molar-refractivity contribution >= 4 is 5.78 Å². The monoisotopic (exact) mass is 344 g/mol. The van der Waals surface area contributed by atoms with Crippen LogP contribution in [0.1, 0.15) is 13.8 Å². The summed E-state index contributed by atoms with van der Waals surface area (Å²) in [4.78, 5) is 9.98. The minimum absolute atomic E-state index is 0. The van der Waals surface area contributed by atoms with Crippen molar-refractivity contribution in [3.8, 4) is 25.7 Å². The Hall–Kier alpha value is -1.02. The molecular formula is C9H11IrO2-. The molecule has 0 aromatic carbocycles. The Morgan fingerprint density at radius 2 is 1.42 bits per heavy atom. The van der Waals surface area contributed by atoms with Gasteiger partial charge in [0.25, 0.3) is 0 Å². The fourth-order valence-electron chi connectivity index (χ4n) is 0.286. The Labute approximate surface area is 87.4 Å². The molecule has 0 spiro atoms. The molecule has 0 N–H and O–H groups in total. The van der Waals surface area contributed by atoms with E-state index in [1.165, 1.54) is 13.8 Å². The topological polar surface area (TPSA) is 40.1 Å². The van der Waals surface area contributed by atoms with Crippen molar-refractivity contribution in [2.24, 2.45) is 0 Å². The van der Waals surface area contributed by atoms with E-state index in [-0.39, 0.29) is 31.6 Å². The third-order valence-corrected chi connectivity index (χ3v) is 0.407. The first-order valence-corrected chi connectivity index (χ1v) is 2.65. The predicted molar refractivity (Wildman–Crippen MR) is 44.2 cm³/mol. The molecule has 0 atom stereocenters. The first-order valence-electron chi connectivity index (χ1n) is 2.65. The Morgan fingerprint density at radius 1 is 1.17 bits per heavy atom. The van der Waals surface area contributed by atoms with E-state index in [2.05, 4.69) is 25.7 Å². The van der Waals surface area contributed by atoms with Gasteiger partial charge < -0.3 is 5.11 Å². The van der Waals surface area contributed by atoms with E-state index in [0.29, 0.717) is 0 Å². The van der Waals surface area contributed by atoms with Gasteiger partial charge in [0, 0.05) is 20.1 Å². The molecule has 0 aliphatic rings. The van der Waals surface area contributed by atoms with Crippen LogP contribution in [-0.2, 0) is 24.9 Å². The van der Waals surface area contributed by atoms with E-state index in [4.69, 9.17) is 0 Å². The van der Waals surface area contributed by atoms with E-state index < -0.39 is 0 Å². The second kappa shape index (κ2) is 22.5. The fourth-order valence-corrected chi connectivity index (χ4v) is 0.286. The van der Waals surface area contributed by atoms with E-state index in [0.717, 1.165) is 6.08 Å². The molecule has 0 aromatic heterocycles. The number of carbonyl (C=O) groups is 1. The summed E-state index contributed by atoms with van der Waals surface area (Å²) in [6.45, 7) is 2.70. The number of ketones is 1. The summed E-state index contributed by atoms with van der Waals surface area (Å²) in [6, 6.07) is 0. The van der Waals surface area contributed by atoms with Gasteiger partial charge in [-0.25, -0.2) is 0 Å². The van der Waals surface area contributed by atoms with Crippen LogP contribution < -0.4 is 5.11 Å². The SMILES string of the molecule is C#C.C#C.CC(=O)C=C(C)[O-].[Ir]. The van der Waals surface area contributed by atoms with Gasteiger partial charge in [0.15, 0.2) is 5.78 Å². The van der Waals surface area contributed by atoms with Crippen molar-refractivity contribution < 1.29 is 30.0 Å². The van der Waals surface area contributed by atoms with Crippen molar-refractivity contribution in [1.29, 1.82) is 0 Å². The van der Waals surface area contributed by atoms with Crippen molar-refractivity contribution in [3.05, 3.63) is 11.8 Å². The molecule has 0 aliphatic heterocycles. The summed E-state index contributed by atoms with van der Waals surface area (Å²) in [5.74, 6) is -0.375. The van der Waals surface area contributed by atoms with Gasteiger partial charge in [0.05, 0.1) is 0 Å². The summed E-state index contributed by atoms with van der Waals surface area (Å²) in [5, 5.41) is 9.98. The number of carbonyl (C=O) groups excluding carboxylic acids is 1. The number of hydrogen-bond donors (Lipinski definition) is 0. The number of terminal acetylenes is 2. The van der Waals surface area contributed by atoms with Crippen LogP contribution in [0.25, 0.3) is 0 Å². The van der Waals surface area contributed by atoms with E-state index in [1.807, 2.05) is 0 Å². The maximum Gasteiger partial charge on any atom is 0.151 e. The first-order chi connectivity index (χ1) is 5.13. The van der Waals surface area contributed by atoms with Crippen LogP contribution in [0.2, 0.25) is 0 Å². The maximum atomic E-state index is 9.98. The summed E-state index contributed by atoms with van der Waals surface area (Å²) in [5.41, 5.74) is 0. The third kappa shape index (κ3) is 64.4. The molecular weight excluding hydrogens is 332 g/mol. The van der Waals surface area contributed by atoms with Gasteiger partial charge in [-0.15, -0.1) is 31.5 Å². The van der Waals surface area contributed by atoms with Gasteiger partial charge in [-0.1, -0.05) is 6.92 Å². The number of hydrogen-bond acceptors (Lipinski definition) is 2. The zero-order chi connectivity index (χ0) is 9.86. The molecule has 0 saturated heterocycles. The Bertz CT molecular complexity index is 156. The summed E-state index contributed by atoms with van der Waals surface area (Å²) in [6.07, 6.45) is 17.1. The Morgan fingerprint density at radius 3 is 1.42 bits per heavy atom. The van der Waals surface area contributed by atoms with Crippen molar-refractivity contribution in [1.82, 2.24) is 0 Å². The second-order valence-electron chi connectivity index (χ2n) is 1.37. The molecule has 0 fully saturated rings. The van der Waals surface area contributed by atoms with Crippen LogP contribution in [0.15, 0.2) is 11.8 Å². The maximum absolute atomic E-state index is 9.98. The zero-order valence-corrected chi connectivity index (χ0v) is 9.43. The first kappa shape index (κ1) is 22.4. The molecule has 0 amide bonds. The van der Waals surface area contributed by atoms with Gasteiger partial charge >= 0.3 is 0 Å². The zero-order valence-electron chi connectivity index (χ0n) is 7.04. The van der Waals surface area contributed by atoms with Gasteiger partial charge in [-0.3, -0.25) is 4.79 Å². The number of rotatable bonds is 1. The smallest absolute Gasteiger partial charge is 0.151 e. The molecule has 1 radical (unpaired) electrons. The minimum Gasteiger partial charge on any atom is -0.876 e. The van der Waals surface area contributed by atoms with Gasteiger partial charge in [0.1, 0.15) is 0 Å². The molecule has 0 aliphatic carbocycles. The van der Waals surface area contributed by atoms with Crippen LogP contribution in [0.5, 0.6) is 0 Å². The van der Waals surface area contributed by atoms with E-state index >= 15 is 0 Å². The van der Waals surface area contributed by atoms with Crippen LogP contribution in [0, 0.1) is 25.7 Å². The van der Waals surface area contributed by atoms with Crippen LogP contribution in [-0.4, -0.2) is 5.78 Å². The summed E-state index contributed by atoms with van der Waals surface area (Å²) < 4.78 is 0. The molecule has 0 rings (SSSR count). The normalized spacial score (nSPS) is 7.00. The van der Waals surface area contributed by atoms with Gasteiger partial charge in [0.2, 0.25) is 0 Å². The fraction of sp³-hybridized carbons (Fsp3) is 0.222. The largest absolute Gasteiger partial charge is 0.876 e. The molecule has 0 saturated carbocycles. The van der Waals surface area contributed by atoms with E-state index in [9.17, 15) is 9.90 Å². The Kier molecular flexibility index (Phi) is 42.1. The van der Waals surface area contributed by atoms with Crippen LogP contribution >= 0.6 is 0 Å². The summed E-state index contributed by atoms with van der Waals surface area (Å²) >= 11 is 0. The van der Waals surface area contributed by atoms with Gasteiger partial charge in [-0.2, -0.15) is 0 Å². The predicted octanol–water partition coefficient (Wildman–Crippen LogP) is 0.336. The second-order valence-corrected chi connectivity index (χ2v) is 1.37. The van der Waals surface area contributed by atoms with E-state index in [1.54, 1.807) is 0 Å². The molecule has 12 heavy (non-hydrogen) atoms. The van der Waals surface area contributed by atoms with Crippen molar-refractivity contribution in [2.45, 2.75) is 13.8 Å². The molecule has 0 bridgehead atoms. The quantitative estimate of drug-likeness (QED) is 0.391. The number of allylic oxidation sites excluding steroid dienone is 2. The minimum atomic E-state index is -0.187. The average molecular weight is 343 g/mol. The Balaban J connectivity index is -0.0000000560. The molecule has 3 heteroatoms. The summed E-state index contributed by atoms with van der Waals surface area (Å²) in [7, 11) is 0.